The normalized spacial score (nSPS) is 12.6. The maximum atomic E-state index is 12.9. The number of hydrazone groups is 1. The van der Waals surface area contributed by atoms with Gasteiger partial charge in [-0.05, 0) is 30.9 Å². The molecule has 0 aliphatic carbocycles. The van der Waals surface area contributed by atoms with E-state index < -0.39 is 29.9 Å². The average molecular weight is 461 g/mol. The number of amides is 4. The second-order valence-electron chi connectivity index (χ2n) is 7.50. The number of primary amides is 1. The number of guanidine groups is 1. The third-order valence-corrected chi connectivity index (χ3v) is 4.42. The number of nitrogens with two attached hydrogens (primary N) is 4. The standard InChI is InChI=1S/C20H32N10O3/c1-11(2)15(29-17(31)13-7-5-12(6-8-13)16(21)22)18(32)28-14(10-27-30-20(25)33)4-3-9-26-19(23)24/h5-8,10-11,14-15H,3-4,9H2,1-2H3,(H3,21,22)(H,28,32)(H,29,31)(H4,23,24,26)(H3,25,30,33)/b27-10+. The number of nitrogens with one attached hydrogen (secondary N) is 4. The van der Waals surface area contributed by atoms with Crippen molar-refractivity contribution in [1.29, 1.82) is 5.41 Å². The van der Waals surface area contributed by atoms with Crippen LogP contribution in [0.25, 0.3) is 0 Å². The maximum absolute atomic E-state index is 12.9. The summed E-state index contributed by atoms with van der Waals surface area (Å²) >= 11 is 0. The molecule has 4 amide bonds. The minimum absolute atomic E-state index is 0.0430. The van der Waals surface area contributed by atoms with Crippen molar-refractivity contribution in [1.82, 2.24) is 16.1 Å². The molecule has 12 N–H and O–H groups in total. The van der Waals surface area contributed by atoms with Gasteiger partial charge in [-0.15, -0.1) is 0 Å². The molecule has 2 atom stereocenters. The maximum Gasteiger partial charge on any atom is 0.332 e. The molecule has 0 aliphatic heterocycles. The van der Waals surface area contributed by atoms with E-state index in [9.17, 15) is 14.4 Å². The zero-order chi connectivity index (χ0) is 25.0. The number of nitrogen functional groups attached to an aromatic ring is 1. The van der Waals surface area contributed by atoms with E-state index in [-0.39, 0.29) is 17.7 Å². The zero-order valence-corrected chi connectivity index (χ0v) is 18.7. The van der Waals surface area contributed by atoms with E-state index in [1.807, 2.05) is 0 Å². The Hall–Kier alpha value is -4.16. The van der Waals surface area contributed by atoms with Crippen LogP contribution in [0.15, 0.2) is 34.4 Å². The molecule has 180 valence electrons. The van der Waals surface area contributed by atoms with Crippen LogP contribution in [-0.2, 0) is 4.79 Å². The molecule has 0 heterocycles. The number of urea groups is 1. The lowest BCUT2D eigenvalue weighted by atomic mass is 10.0. The van der Waals surface area contributed by atoms with Gasteiger partial charge in [-0.25, -0.2) is 10.2 Å². The molecule has 1 aromatic carbocycles. The van der Waals surface area contributed by atoms with Gasteiger partial charge in [-0.1, -0.05) is 26.0 Å². The van der Waals surface area contributed by atoms with Crippen molar-refractivity contribution in [3.8, 4) is 0 Å². The van der Waals surface area contributed by atoms with Crippen molar-refractivity contribution in [3.05, 3.63) is 35.4 Å². The Morgan fingerprint density at radius 2 is 1.64 bits per heavy atom. The van der Waals surface area contributed by atoms with Gasteiger partial charge in [0, 0.05) is 23.9 Å². The van der Waals surface area contributed by atoms with E-state index in [0.717, 1.165) is 0 Å². The number of aliphatic imine (C=N–C) groups is 1. The second kappa shape index (κ2) is 13.3. The van der Waals surface area contributed by atoms with Crippen LogP contribution in [0, 0.1) is 11.3 Å². The molecule has 0 radical (unpaired) electrons. The first kappa shape index (κ1) is 26.9. The van der Waals surface area contributed by atoms with Gasteiger partial charge in [0.2, 0.25) is 5.91 Å². The van der Waals surface area contributed by atoms with Crippen LogP contribution in [0.4, 0.5) is 4.79 Å². The van der Waals surface area contributed by atoms with Crippen LogP contribution < -0.4 is 39.0 Å². The number of benzene rings is 1. The Morgan fingerprint density at radius 1 is 1.03 bits per heavy atom. The lowest BCUT2D eigenvalue weighted by Gasteiger charge is -2.24. The first-order valence-electron chi connectivity index (χ1n) is 10.2. The summed E-state index contributed by atoms with van der Waals surface area (Å²) < 4.78 is 0. The molecule has 0 saturated carbocycles. The highest BCUT2D eigenvalue weighted by atomic mass is 16.2. The minimum Gasteiger partial charge on any atom is -0.384 e. The molecular formula is C20H32N10O3. The van der Waals surface area contributed by atoms with Crippen molar-refractivity contribution in [2.75, 3.05) is 6.54 Å². The van der Waals surface area contributed by atoms with Crippen molar-refractivity contribution in [2.45, 2.75) is 38.8 Å². The summed E-state index contributed by atoms with van der Waals surface area (Å²) in [6.07, 6.45) is 2.27. The fraction of sp³-hybridized carbons (Fsp3) is 0.400. The number of rotatable bonds is 12. The lowest BCUT2D eigenvalue weighted by molar-refractivity contribution is -0.124. The van der Waals surface area contributed by atoms with Crippen molar-refractivity contribution >= 4 is 35.9 Å². The Kier molecular flexibility index (Phi) is 10.8. The minimum atomic E-state index is -0.847. The summed E-state index contributed by atoms with van der Waals surface area (Å²) in [6.45, 7) is 3.92. The summed E-state index contributed by atoms with van der Waals surface area (Å²) in [5.74, 6) is -1.27. The number of hydrogen-bond acceptors (Lipinski definition) is 6. The van der Waals surface area contributed by atoms with Crippen LogP contribution in [0.3, 0.4) is 0 Å². The van der Waals surface area contributed by atoms with Gasteiger partial charge >= 0.3 is 6.03 Å². The number of nitrogens with zero attached hydrogens (tertiary/aromatic N) is 2. The van der Waals surface area contributed by atoms with Gasteiger partial charge in [0.15, 0.2) is 5.96 Å². The molecule has 13 nitrogen and oxygen atoms in total. The van der Waals surface area contributed by atoms with Gasteiger partial charge in [-0.2, -0.15) is 5.10 Å². The highest BCUT2D eigenvalue weighted by Gasteiger charge is 2.26. The van der Waals surface area contributed by atoms with Crippen molar-refractivity contribution in [3.63, 3.8) is 0 Å². The van der Waals surface area contributed by atoms with Gasteiger partial charge in [0.25, 0.3) is 5.91 Å². The van der Waals surface area contributed by atoms with Crippen LogP contribution >= 0.6 is 0 Å². The topological polar surface area (TPSA) is 240 Å². The quantitative estimate of drug-likeness (QED) is 0.0833. The molecule has 0 fully saturated rings. The molecule has 0 bridgehead atoms. The van der Waals surface area contributed by atoms with Gasteiger partial charge in [0.05, 0.1) is 6.04 Å². The van der Waals surface area contributed by atoms with E-state index in [2.05, 4.69) is 26.2 Å². The summed E-state index contributed by atoms with van der Waals surface area (Å²) in [6, 6.07) is 3.88. The monoisotopic (exact) mass is 460 g/mol. The fourth-order valence-corrected chi connectivity index (χ4v) is 2.73. The Bertz CT molecular complexity index is 892. The molecule has 2 unspecified atom stereocenters. The smallest absolute Gasteiger partial charge is 0.332 e. The SMILES string of the molecule is CC(C)C(NC(=O)c1ccc(C(=N)N)cc1)C(=O)NC(/C=N/NC(N)=O)CCCN=C(N)N. The highest BCUT2D eigenvalue weighted by Crippen LogP contribution is 2.08. The molecule has 0 spiro atoms. The van der Waals surface area contributed by atoms with E-state index >= 15 is 0 Å². The predicted octanol–water partition coefficient (Wildman–Crippen LogP) is -1.08. The van der Waals surface area contributed by atoms with Crippen LogP contribution in [-0.4, -0.2) is 54.5 Å². The van der Waals surface area contributed by atoms with Crippen LogP contribution in [0.2, 0.25) is 0 Å². The Morgan fingerprint density at radius 3 is 2.15 bits per heavy atom. The molecule has 0 aliphatic rings. The number of carbonyl (C=O) groups is 3. The highest BCUT2D eigenvalue weighted by molar-refractivity contribution is 6.00. The zero-order valence-electron chi connectivity index (χ0n) is 18.7. The fourth-order valence-electron chi connectivity index (χ4n) is 2.73. The van der Waals surface area contributed by atoms with Crippen LogP contribution in [0.5, 0.6) is 0 Å². The first-order chi connectivity index (χ1) is 15.5. The molecule has 33 heavy (non-hydrogen) atoms. The third-order valence-electron chi connectivity index (χ3n) is 4.42. The first-order valence-corrected chi connectivity index (χ1v) is 10.2. The Balaban J connectivity index is 2.88. The Labute approximate surface area is 191 Å². The van der Waals surface area contributed by atoms with E-state index in [0.29, 0.717) is 30.5 Å². The van der Waals surface area contributed by atoms with Crippen molar-refractivity contribution in [2.24, 2.45) is 38.9 Å². The molecule has 1 rings (SSSR count). The van der Waals surface area contributed by atoms with Gasteiger partial charge < -0.3 is 33.6 Å². The molecular weight excluding hydrogens is 428 g/mol. The third kappa shape index (κ3) is 10.1. The van der Waals surface area contributed by atoms with Crippen LogP contribution in [0.1, 0.15) is 42.6 Å². The predicted molar refractivity (Wildman–Crippen MR) is 127 cm³/mol. The molecule has 0 aromatic heterocycles. The van der Waals surface area contributed by atoms with Gasteiger partial charge in [-0.3, -0.25) is 20.0 Å². The number of carbonyl (C=O) groups excluding carboxylic acids is 3. The van der Waals surface area contributed by atoms with E-state index in [1.165, 1.54) is 18.3 Å². The molecule has 0 saturated heterocycles. The largest absolute Gasteiger partial charge is 0.384 e. The average Bonchev–Trinajstić information content (AvgIpc) is 2.73. The van der Waals surface area contributed by atoms with Gasteiger partial charge in [0.1, 0.15) is 11.9 Å². The molecule has 13 heteroatoms. The summed E-state index contributed by atoms with van der Waals surface area (Å²) in [7, 11) is 0. The summed E-state index contributed by atoms with van der Waals surface area (Å²) in [5, 5.41) is 16.6. The number of amidine groups is 1. The summed E-state index contributed by atoms with van der Waals surface area (Å²) in [4.78, 5) is 40.3. The summed E-state index contributed by atoms with van der Waals surface area (Å²) in [5.41, 5.74) is 23.9. The number of hydrogen-bond donors (Lipinski definition) is 8. The second-order valence-corrected chi connectivity index (χ2v) is 7.50. The molecule has 1 aromatic rings. The van der Waals surface area contributed by atoms with E-state index in [4.69, 9.17) is 28.3 Å². The lowest BCUT2D eigenvalue weighted by Crippen LogP contribution is -2.52. The van der Waals surface area contributed by atoms with E-state index in [1.54, 1.807) is 26.0 Å². The van der Waals surface area contributed by atoms with Crippen molar-refractivity contribution < 1.29 is 14.4 Å².